The van der Waals surface area contributed by atoms with Gasteiger partial charge in [-0.15, -0.1) is 11.3 Å². The second-order valence-electron chi connectivity index (χ2n) is 7.30. The van der Waals surface area contributed by atoms with Gasteiger partial charge in [-0.05, 0) is 51.0 Å². The molecule has 1 aromatic rings. The molecular formula is C19H28N3O4S+. The van der Waals surface area contributed by atoms with Gasteiger partial charge in [0.05, 0.1) is 25.3 Å². The molecule has 0 spiro atoms. The van der Waals surface area contributed by atoms with E-state index < -0.39 is 5.91 Å². The van der Waals surface area contributed by atoms with Crippen LogP contribution >= 0.6 is 11.3 Å². The first-order valence-corrected chi connectivity index (χ1v) is 10.6. The van der Waals surface area contributed by atoms with Crippen molar-refractivity contribution in [1.82, 2.24) is 0 Å². The van der Waals surface area contributed by atoms with Gasteiger partial charge in [-0.25, -0.2) is 0 Å². The van der Waals surface area contributed by atoms with E-state index in [0.717, 1.165) is 60.4 Å². The second kappa shape index (κ2) is 8.84. The average Bonchev–Trinajstić information content (AvgIpc) is 2.99. The number of aryl methyl sites for hydroxylation is 1. The highest BCUT2D eigenvalue weighted by Crippen LogP contribution is 2.37. The van der Waals surface area contributed by atoms with E-state index in [1.807, 2.05) is 0 Å². The Bertz CT molecular complexity index is 731. The number of hydrogen-bond acceptors (Lipinski definition) is 5. The van der Waals surface area contributed by atoms with Crippen LogP contribution in [0.1, 0.15) is 53.4 Å². The molecule has 1 aliphatic heterocycles. The number of rotatable bonds is 6. The van der Waals surface area contributed by atoms with Crippen LogP contribution in [-0.4, -0.2) is 44.0 Å². The molecule has 1 fully saturated rings. The molecule has 0 bridgehead atoms. The van der Waals surface area contributed by atoms with Crippen LogP contribution in [0.3, 0.4) is 0 Å². The number of nitrogens with two attached hydrogens (primary N) is 1. The van der Waals surface area contributed by atoms with Gasteiger partial charge in [0.2, 0.25) is 0 Å². The third-order valence-corrected chi connectivity index (χ3v) is 6.53. The maximum atomic E-state index is 12.6. The Labute approximate surface area is 163 Å². The second-order valence-corrected chi connectivity index (χ2v) is 8.40. The van der Waals surface area contributed by atoms with E-state index >= 15 is 0 Å². The minimum absolute atomic E-state index is 0.142. The summed E-state index contributed by atoms with van der Waals surface area (Å²) in [7, 11) is 0. The number of anilines is 1. The van der Waals surface area contributed by atoms with Crippen molar-refractivity contribution in [3.05, 3.63) is 16.0 Å². The number of carbonyl (C=O) groups excluding carboxylic acids is 3. The summed E-state index contributed by atoms with van der Waals surface area (Å²) in [4.78, 5) is 38.7. The normalized spacial score (nSPS) is 22.0. The molecule has 2 aliphatic rings. The van der Waals surface area contributed by atoms with Gasteiger partial charge in [-0.2, -0.15) is 0 Å². The predicted octanol–water partition coefficient (Wildman–Crippen LogP) is 0.522. The van der Waals surface area contributed by atoms with Crippen molar-refractivity contribution in [3.63, 3.8) is 0 Å². The number of carbonyl (C=O) groups is 3. The largest absolute Gasteiger partial charge is 0.466 e. The van der Waals surface area contributed by atoms with E-state index in [1.54, 1.807) is 6.92 Å². The third-order valence-electron chi connectivity index (χ3n) is 5.32. The van der Waals surface area contributed by atoms with Crippen LogP contribution in [0.25, 0.3) is 0 Å². The summed E-state index contributed by atoms with van der Waals surface area (Å²) in [6.45, 7) is 3.92. The fourth-order valence-corrected chi connectivity index (χ4v) is 5.40. The van der Waals surface area contributed by atoms with Crippen LogP contribution in [-0.2, 0) is 27.2 Å². The average molecular weight is 395 g/mol. The smallest absolute Gasteiger partial charge is 0.314 e. The maximum absolute atomic E-state index is 12.6. The van der Waals surface area contributed by atoms with Gasteiger partial charge in [0, 0.05) is 4.88 Å². The number of hydrogen-bond donors (Lipinski definition) is 3. The molecule has 1 aliphatic carbocycles. The van der Waals surface area contributed by atoms with Gasteiger partial charge in [0.1, 0.15) is 10.9 Å². The Kier molecular flexibility index (Phi) is 6.49. The summed E-state index contributed by atoms with van der Waals surface area (Å²) in [5, 5.41) is 3.49. The molecule has 27 heavy (non-hydrogen) atoms. The molecule has 3 rings (SSSR count). The standard InChI is InChI=1S/C19H27N3O4S/c1-2-26-19(25)12-6-5-9-22(10-12)11-15(23)21-18-16(17(20)24)13-7-3-4-8-14(13)27-18/h12H,2-11H2,1H3,(H2,20,24)(H,21,23)/p+1/t12-/m1/s1. The summed E-state index contributed by atoms with van der Waals surface area (Å²) in [5.74, 6) is -0.929. The lowest BCUT2D eigenvalue weighted by atomic mass is 9.95. The monoisotopic (exact) mass is 394 g/mol. The molecule has 2 heterocycles. The van der Waals surface area contributed by atoms with Crippen LogP contribution in [0.5, 0.6) is 0 Å². The number of piperidine rings is 1. The minimum atomic E-state index is -0.475. The number of likely N-dealkylation sites (tertiary alicyclic amines) is 1. The Morgan fingerprint density at radius 3 is 2.78 bits per heavy atom. The predicted molar refractivity (Wildman–Crippen MR) is 103 cm³/mol. The number of thiophene rings is 1. The van der Waals surface area contributed by atoms with Gasteiger partial charge in [-0.1, -0.05) is 0 Å². The van der Waals surface area contributed by atoms with Gasteiger partial charge >= 0.3 is 5.97 Å². The molecule has 0 saturated carbocycles. The van der Waals surface area contributed by atoms with Crippen LogP contribution in [0, 0.1) is 5.92 Å². The lowest BCUT2D eigenvalue weighted by Gasteiger charge is -2.28. The Balaban J connectivity index is 1.63. The SMILES string of the molecule is CCOC(=O)[C@@H]1CCC[NH+](CC(=O)Nc2sc3c(c2C(N)=O)CCCC3)C1. The first-order valence-electron chi connectivity index (χ1n) is 9.74. The lowest BCUT2D eigenvalue weighted by Crippen LogP contribution is -3.14. The Hall–Kier alpha value is -1.93. The topological polar surface area (TPSA) is 103 Å². The van der Waals surface area contributed by atoms with E-state index in [0.29, 0.717) is 23.7 Å². The van der Waals surface area contributed by atoms with Crippen molar-refractivity contribution in [2.24, 2.45) is 11.7 Å². The minimum Gasteiger partial charge on any atom is -0.466 e. The fraction of sp³-hybridized carbons (Fsp3) is 0.632. The zero-order chi connectivity index (χ0) is 19.4. The molecular weight excluding hydrogens is 366 g/mol. The molecule has 148 valence electrons. The van der Waals surface area contributed by atoms with Crippen LogP contribution in [0.2, 0.25) is 0 Å². The number of nitrogens with one attached hydrogen (secondary N) is 2. The van der Waals surface area contributed by atoms with Crippen molar-refractivity contribution in [2.75, 3.05) is 31.6 Å². The summed E-state index contributed by atoms with van der Waals surface area (Å²) >= 11 is 1.48. The zero-order valence-corrected chi connectivity index (χ0v) is 16.6. The van der Waals surface area contributed by atoms with Crippen molar-refractivity contribution in [3.8, 4) is 0 Å². The maximum Gasteiger partial charge on any atom is 0.314 e. The van der Waals surface area contributed by atoms with Crippen LogP contribution in [0.15, 0.2) is 0 Å². The molecule has 4 N–H and O–H groups in total. The van der Waals surface area contributed by atoms with E-state index in [4.69, 9.17) is 10.5 Å². The highest BCUT2D eigenvalue weighted by Gasteiger charge is 2.31. The number of fused-ring (bicyclic) bond motifs is 1. The van der Waals surface area contributed by atoms with Crippen molar-refractivity contribution < 1.29 is 24.0 Å². The van der Waals surface area contributed by atoms with Crippen molar-refractivity contribution in [1.29, 1.82) is 0 Å². The molecule has 7 nitrogen and oxygen atoms in total. The lowest BCUT2D eigenvalue weighted by molar-refractivity contribution is -0.899. The number of quaternary nitrogens is 1. The molecule has 0 aromatic carbocycles. The fourth-order valence-electron chi connectivity index (χ4n) is 4.09. The number of primary amides is 1. The van der Waals surface area contributed by atoms with E-state index in [9.17, 15) is 14.4 Å². The van der Waals surface area contributed by atoms with Crippen molar-refractivity contribution in [2.45, 2.75) is 45.4 Å². The number of amides is 2. The first kappa shape index (κ1) is 19.8. The summed E-state index contributed by atoms with van der Waals surface area (Å²) in [6.07, 6.45) is 5.64. The quantitative estimate of drug-likeness (QED) is 0.612. The number of esters is 1. The number of ether oxygens (including phenoxy) is 1. The first-order chi connectivity index (χ1) is 13.0. The van der Waals surface area contributed by atoms with Gasteiger partial charge in [-0.3, -0.25) is 14.4 Å². The molecule has 2 atom stereocenters. The van der Waals surface area contributed by atoms with Crippen molar-refractivity contribution >= 4 is 34.1 Å². The third kappa shape index (κ3) is 4.68. The zero-order valence-electron chi connectivity index (χ0n) is 15.8. The van der Waals surface area contributed by atoms with E-state index in [2.05, 4.69) is 5.32 Å². The summed E-state index contributed by atoms with van der Waals surface area (Å²) in [5.41, 5.74) is 7.09. The summed E-state index contributed by atoms with van der Waals surface area (Å²) < 4.78 is 5.12. The van der Waals surface area contributed by atoms with Crippen LogP contribution in [0.4, 0.5) is 5.00 Å². The van der Waals surface area contributed by atoms with Gasteiger partial charge in [0.25, 0.3) is 11.8 Å². The Morgan fingerprint density at radius 2 is 2.04 bits per heavy atom. The molecule has 1 aromatic heterocycles. The van der Waals surface area contributed by atoms with Gasteiger partial charge < -0.3 is 20.7 Å². The van der Waals surface area contributed by atoms with E-state index in [1.165, 1.54) is 11.3 Å². The summed E-state index contributed by atoms with van der Waals surface area (Å²) in [6, 6.07) is 0. The highest BCUT2D eigenvalue weighted by atomic mass is 32.1. The molecule has 8 heteroatoms. The van der Waals surface area contributed by atoms with Gasteiger partial charge in [0.15, 0.2) is 6.54 Å². The van der Waals surface area contributed by atoms with E-state index in [-0.39, 0.29) is 24.3 Å². The molecule has 0 radical (unpaired) electrons. The Morgan fingerprint density at radius 1 is 1.26 bits per heavy atom. The molecule has 1 unspecified atom stereocenters. The highest BCUT2D eigenvalue weighted by molar-refractivity contribution is 7.17. The molecule has 1 saturated heterocycles. The van der Waals surface area contributed by atoms with Crippen LogP contribution < -0.4 is 16.0 Å². The molecule has 2 amide bonds.